The maximum atomic E-state index is 11.3. The lowest BCUT2D eigenvalue weighted by Crippen LogP contribution is -2.46. The first-order valence-corrected chi connectivity index (χ1v) is 12.2. The van der Waals surface area contributed by atoms with Gasteiger partial charge in [-0.05, 0) is 59.9 Å². The highest BCUT2D eigenvalue weighted by atomic mass is 16.7. The van der Waals surface area contributed by atoms with Crippen molar-refractivity contribution < 1.29 is 24.1 Å². The van der Waals surface area contributed by atoms with E-state index in [1.54, 1.807) is 13.2 Å². The van der Waals surface area contributed by atoms with Crippen LogP contribution in [-0.4, -0.2) is 44.4 Å². The Kier molecular flexibility index (Phi) is 8.80. The first-order chi connectivity index (χ1) is 16.1. The molecule has 0 bridgehead atoms. The van der Waals surface area contributed by atoms with Crippen LogP contribution in [0.4, 0.5) is 0 Å². The number of hydrogen-bond donors (Lipinski definition) is 1. The van der Waals surface area contributed by atoms with Crippen LogP contribution in [0, 0.1) is 16.7 Å². The van der Waals surface area contributed by atoms with Gasteiger partial charge < -0.3 is 24.1 Å². The number of ether oxygens (including phenoxy) is 4. The molecule has 34 heavy (non-hydrogen) atoms. The Morgan fingerprint density at radius 3 is 2.41 bits per heavy atom. The molecule has 0 amide bonds. The van der Waals surface area contributed by atoms with Crippen LogP contribution >= 0.6 is 0 Å². The molecule has 0 spiro atoms. The van der Waals surface area contributed by atoms with Gasteiger partial charge in [-0.2, -0.15) is 0 Å². The van der Waals surface area contributed by atoms with E-state index in [0.29, 0.717) is 26.4 Å². The van der Waals surface area contributed by atoms with E-state index in [1.807, 2.05) is 30.3 Å². The normalized spacial score (nSPS) is 24.1. The Hall–Kier alpha value is -1.92. The smallest absolute Gasteiger partial charge is 0.180 e. The Morgan fingerprint density at radius 1 is 1.18 bits per heavy atom. The third-order valence-electron chi connectivity index (χ3n) is 7.15. The fourth-order valence-electron chi connectivity index (χ4n) is 5.10. The molecular formula is C29H42O5. The highest BCUT2D eigenvalue weighted by Gasteiger charge is 2.45. The SMILES string of the molecule is C=C/C(=C/[C@@H](O)[C@@H]1CCC(C)=C(C2OCC(C)(C)CO2)C1(C)C)COCc1ccc(OC)cc1. The second-order valence-electron chi connectivity index (χ2n) is 11.0. The molecule has 1 aromatic carbocycles. The van der Waals surface area contributed by atoms with Crippen LogP contribution < -0.4 is 4.74 Å². The van der Waals surface area contributed by atoms with Gasteiger partial charge in [-0.25, -0.2) is 0 Å². The van der Waals surface area contributed by atoms with Crippen LogP contribution in [-0.2, 0) is 20.8 Å². The van der Waals surface area contributed by atoms with E-state index < -0.39 is 6.10 Å². The minimum atomic E-state index is -0.615. The molecule has 2 aliphatic rings. The standard InChI is InChI=1S/C29H42O5/c1-8-21(16-32-17-22-10-12-23(31-7)13-11-22)15-25(30)24-14-9-20(2)26(29(24,5)6)27-33-18-28(3,4)19-34-27/h8,10-13,15,24-25,27,30H,1,9,14,16-19H2,2-7H3/b21-15-/t24-,25+/m0/s1. The summed E-state index contributed by atoms with van der Waals surface area (Å²) in [5.41, 5.74) is 4.21. The van der Waals surface area contributed by atoms with Gasteiger partial charge in [0, 0.05) is 5.41 Å². The fourth-order valence-corrected chi connectivity index (χ4v) is 5.10. The average molecular weight is 471 g/mol. The summed E-state index contributed by atoms with van der Waals surface area (Å²) in [5.74, 6) is 0.870. The quantitative estimate of drug-likeness (QED) is 0.363. The van der Waals surface area contributed by atoms with Crippen molar-refractivity contribution in [2.45, 2.75) is 66.5 Å². The summed E-state index contributed by atoms with van der Waals surface area (Å²) in [7, 11) is 1.65. The fraction of sp³-hybridized carbons (Fsp3) is 0.586. The number of methoxy groups -OCH3 is 1. The molecule has 1 aliphatic carbocycles. The lowest BCUT2D eigenvalue weighted by atomic mass is 9.63. The van der Waals surface area contributed by atoms with Gasteiger partial charge in [-0.3, -0.25) is 0 Å². The van der Waals surface area contributed by atoms with Gasteiger partial charge in [0.2, 0.25) is 0 Å². The van der Waals surface area contributed by atoms with Crippen LogP contribution in [0.1, 0.15) is 53.0 Å². The van der Waals surface area contributed by atoms with Gasteiger partial charge in [0.15, 0.2) is 6.29 Å². The van der Waals surface area contributed by atoms with Gasteiger partial charge in [0.25, 0.3) is 0 Å². The topological polar surface area (TPSA) is 57.2 Å². The zero-order chi connectivity index (χ0) is 24.9. The van der Waals surface area contributed by atoms with Crippen molar-refractivity contribution >= 4 is 0 Å². The zero-order valence-electron chi connectivity index (χ0n) is 21.7. The van der Waals surface area contributed by atoms with Gasteiger partial charge in [-0.1, -0.05) is 64.1 Å². The number of rotatable bonds is 9. The monoisotopic (exact) mass is 470 g/mol. The molecule has 0 aromatic heterocycles. The third kappa shape index (κ3) is 6.39. The van der Waals surface area contributed by atoms with E-state index in [-0.39, 0.29) is 23.0 Å². The second-order valence-corrected chi connectivity index (χ2v) is 11.0. The highest BCUT2D eigenvalue weighted by molar-refractivity contribution is 5.30. The van der Waals surface area contributed by atoms with Crippen LogP contribution in [0.15, 0.2) is 59.7 Å². The molecular weight excluding hydrogens is 428 g/mol. The van der Waals surface area contributed by atoms with E-state index in [1.165, 1.54) is 11.1 Å². The maximum Gasteiger partial charge on any atom is 0.180 e. The third-order valence-corrected chi connectivity index (χ3v) is 7.15. The first kappa shape index (κ1) is 26.7. The molecule has 1 heterocycles. The van der Waals surface area contributed by atoms with Crippen LogP contribution in [0.3, 0.4) is 0 Å². The van der Waals surface area contributed by atoms with Gasteiger partial charge >= 0.3 is 0 Å². The van der Waals surface area contributed by atoms with Crippen LogP contribution in [0.5, 0.6) is 5.75 Å². The van der Waals surface area contributed by atoms with Gasteiger partial charge in [0.1, 0.15) is 5.75 Å². The molecule has 5 nitrogen and oxygen atoms in total. The largest absolute Gasteiger partial charge is 0.497 e. The summed E-state index contributed by atoms with van der Waals surface area (Å²) in [6.07, 6.45) is 4.56. The second kappa shape index (κ2) is 11.2. The minimum absolute atomic E-state index is 0.0239. The number of aliphatic hydroxyl groups is 1. The van der Waals surface area contributed by atoms with E-state index in [9.17, 15) is 5.11 Å². The Labute approximate surface area is 205 Å². The molecule has 5 heteroatoms. The van der Waals surface area contributed by atoms with Crippen molar-refractivity contribution in [2.75, 3.05) is 26.9 Å². The highest BCUT2D eigenvalue weighted by Crippen LogP contribution is 2.49. The van der Waals surface area contributed by atoms with Gasteiger partial charge in [-0.15, -0.1) is 0 Å². The summed E-state index contributed by atoms with van der Waals surface area (Å²) in [6.45, 7) is 17.0. The maximum absolute atomic E-state index is 11.3. The number of benzene rings is 1. The van der Waals surface area contributed by atoms with E-state index in [0.717, 1.165) is 29.7 Å². The van der Waals surface area contributed by atoms with Crippen LogP contribution in [0.2, 0.25) is 0 Å². The minimum Gasteiger partial charge on any atom is -0.497 e. The molecule has 0 saturated carbocycles. The van der Waals surface area contributed by atoms with Crippen molar-refractivity contribution in [1.82, 2.24) is 0 Å². The molecule has 1 N–H and O–H groups in total. The molecule has 0 unspecified atom stereocenters. The number of allylic oxidation sites excluding steroid dienone is 1. The van der Waals surface area contributed by atoms with Crippen molar-refractivity contribution in [2.24, 2.45) is 16.7 Å². The average Bonchev–Trinajstić information content (AvgIpc) is 2.79. The molecule has 1 aliphatic heterocycles. The predicted molar refractivity (Wildman–Crippen MR) is 136 cm³/mol. The Morgan fingerprint density at radius 2 is 1.82 bits per heavy atom. The summed E-state index contributed by atoms with van der Waals surface area (Å²) in [5, 5.41) is 11.3. The molecule has 1 fully saturated rings. The molecule has 188 valence electrons. The van der Waals surface area contributed by atoms with Gasteiger partial charge in [0.05, 0.1) is 39.6 Å². The summed E-state index contributed by atoms with van der Waals surface area (Å²) in [4.78, 5) is 0. The molecule has 0 radical (unpaired) electrons. The molecule has 2 atom stereocenters. The summed E-state index contributed by atoms with van der Waals surface area (Å²) in [6, 6.07) is 7.82. The van der Waals surface area contributed by atoms with Crippen LogP contribution in [0.25, 0.3) is 0 Å². The van der Waals surface area contributed by atoms with Crippen molar-refractivity contribution in [3.8, 4) is 5.75 Å². The predicted octanol–water partition coefficient (Wildman–Crippen LogP) is 5.84. The zero-order valence-corrected chi connectivity index (χ0v) is 21.7. The number of aliphatic hydroxyl groups excluding tert-OH is 1. The molecule has 1 aromatic rings. The first-order valence-electron chi connectivity index (χ1n) is 12.2. The number of hydrogen-bond acceptors (Lipinski definition) is 5. The van der Waals surface area contributed by atoms with E-state index >= 15 is 0 Å². The molecule has 1 saturated heterocycles. The van der Waals surface area contributed by atoms with E-state index in [2.05, 4.69) is 41.2 Å². The van der Waals surface area contributed by atoms with E-state index in [4.69, 9.17) is 18.9 Å². The summed E-state index contributed by atoms with van der Waals surface area (Å²) < 4.78 is 23.4. The van der Waals surface area contributed by atoms with Crippen molar-refractivity contribution in [3.63, 3.8) is 0 Å². The lowest BCUT2D eigenvalue weighted by Gasteiger charge is -2.47. The summed E-state index contributed by atoms with van der Waals surface area (Å²) >= 11 is 0. The van der Waals surface area contributed by atoms with Crippen molar-refractivity contribution in [1.29, 1.82) is 0 Å². The Balaban J connectivity index is 1.65. The lowest BCUT2D eigenvalue weighted by molar-refractivity contribution is -0.211. The molecule has 3 rings (SSSR count). The Bertz CT molecular complexity index is 884. The van der Waals surface area contributed by atoms with Crippen molar-refractivity contribution in [3.05, 3.63) is 65.3 Å².